The molecule has 1 N–H and O–H groups in total. The van der Waals surface area contributed by atoms with E-state index in [1.807, 2.05) is 6.08 Å². The van der Waals surface area contributed by atoms with Gasteiger partial charge in [-0.2, -0.15) is 0 Å². The first kappa shape index (κ1) is 14.7. The van der Waals surface area contributed by atoms with E-state index >= 15 is 0 Å². The molecule has 0 radical (unpaired) electrons. The molecule has 0 saturated heterocycles. The number of fused-ring (bicyclic) bond motifs is 4. The molecule has 4 rings (SSSR count). The van der Waals surface area contributed by atoms with Gasteiger partial charge in [-0.15, -0.1) is 6.58 Å². The van der Waals surface area contributed by atoms with Crippen LogP contribution in [-0.4, -0.2) is 16.5 Å². The summed E-state index contributed by atoms with van der Waals surface area (Å²) in [5.41, 5.74) is 2.48. The monoisotopic (exact) mass is 300 g/mol. The van der Waals surface area contributed by atoms with Crippen molar-refractivity contribution in [2.24, 2.45) is 23.2 Å². The molecule has 2 fully saturated rings. The van der Waals surface area contributed by atoms with Crippen molar-refractivity contribution in [2.75, 3.05) is 0 Å². The van der Waals surface area contributed by atoms with Crippen LogP contribution in [0.3, 0.4) is 0 Å². The Balaban J connectivity index is 1.67. The quantitative estimate of drug-likeness (QED) is 0.737. The third-order valence-corrected chi connectivity index (χ3v) is 7.75. The Bertz CT molecular complexity index is 560. The third kappa shape index (κ3) is 1.79. The maximum Gasteiger partial charge on any atom is 0.137 e. The van der Waals surface area contributed by atoms with E-state index in [2.05, 4.69) is 13.5 Å². The normalized spacial score (nSPS) is 47.7. The number of aliphatic hydroxyl groups is 1. The van der Waals surface area contributed by atoms with Crippen LogP contribution < -0.4 is 0 Å². The summed E-state index contributed by atoms with van der Waals surface area (Å²) in [6.45, 7) is 6.23. The predicted molar refractivity (Wildman–Crippen MR) is 87.3 cm³/mol. The van der Waals surface area contributed by atoms with Crippen LogP contribution >= 0.6 is 0 Å². The first-order chi connectivity index (χ1) is 10.5. The van der Waals surface area contributed by atoms with Crippen molar-refractivity contribution in [1.82, 2.24) is 0 Å². The summed E-state index contributed by atoms with van der Waals surface area (Å²) in [6, 6.07) is 0. The molecule has 0 unspecified atom stereocenters. The number of ketones is 1. The van der Waals surface area contributed by atoms with Crippen molar-refractivity contribution in [3.05, 3.63) is 23.8 Å². The van der Waals surface area contributed by atoms with Gasteiger partial charge in [-0.1, -0.05) is 24.1 Å². The Morgan fingerprint density at radius 2 is 2.00 bits per heavy atom. The fraction of sp³-hybridized carbons (Fsp3) is 0.750. The second-order valence-corrected chi connectivity index (χ2v) is 8.38. The van der Waals surface area contributed by atoms with Crippen LogP contribution in [0.1, 0.15) is 64.7 Å². The lowest BCUT2D eigenvalue weighted by atomic mass is 9.52. The van der Waals surface area contributed by atoms with E-state index in [1.54, 1.807) is 5.57 Å². The minimum absolute atomic E-state index is 0.0124. The summed E-state index contributed by atoms with van der Waals surface area (Å²) < 4.78 is 0. The smallest absolute Gasteiger partial charge is 0.137 e. The maximum atomic E-state index is 11.8. The van der Waals surface area contributed by atoms with Crippen molar-refractivity contribution in [3.63, 3.8) is 0 Å². The lowest BCUT2D eigenvalue weighted by Crippen LogP contribution is -2.50. The van der Waals surface area contributed by atoms with E-state index in [1.165, 1.54) is 18.4 Å². The molecule has 4 aliphatic rings. The lowest BCUT2D eigenvalue weighted by molar-refractivity contribution is -0.119. The van der Waals surface area contributed by atoms with Crippen LogP contribution in [-0.2, 0) is 4.79 Å². The molecule has 0 aliphatic heterocycles. The minimum Gasteiger partial charge on any atom is -0.385 e. The van der Waals surface area contributed by atoms with Crippen molar-refractivity contribution in [2.45, 2.75) is 70.3 Å². The number of rotatable bonds is 1. The molecule has 0 spiro atoms. The first-order valence-electron chi connectivity index (χ1n) is 9.07. The molecule has 2 heteroatoms. The second-order valence-electron chi connectivity index (χ2n) is 8.38. The van der Waals surface area contributed by atoms with Crippen LogP contribution in [0.4, 0.5) is 0 Å². The van der Waals surface area contributed by atoms with Gasteiger partial charge in [0.2, 0.25) is 0 Å². The molecular formula is C20H28O2. The van der Waals surface area contributed by atoms with Gasteiger partial charge >= 0.3 is 0 Å². The average molecular weight is 300 g/mol. The van der Waals surface area contributed by atoms with Crippen molar-refractivity contribution < 1.29 is 9.90 Å². The molecule has 22 heavy (non-hydrogen) atoms. The van der Waals surface area contributed by atoms with E-state index in [4.69, 9.17) is 0 Å². The molecule has 2 saturated carbocycles. The fourth-order valence-electron chi connectivity index (χ4n) is 6.44. The van der Waals surface area contributed by atoms with E-state index in [0.717, 1.165) is 50.9 Å². The highest BCUT2D eigenvalue weighted by Crippen LogP contribution is 2.64. The van der Waals surface area contributed by atoms with Gasteiger partial charge in [-0.05, 0) is 62.7 Å². The summed E-state index contributed by atoms with van der Waals surface area (Å²) in [7, 11) is 0. The summed E-state index contributed by atoms with van der Waals surface area (Å²) in [6.07, 6.45) is 11.0. The molecule has 2 nitrogen and oxygen atoms in total. The molecule has 0 amide bonds. The Labute approximate surface area is 133 Å². The van der Waals surface area contributed by atoms with Gasteiger partial charge in [0.1, 0.15) is 5.78 Å². The lowest BCUT2D eigenvalue weighted by Gasteiger charge is -2.53. The van der Waals surface area contributed by atoms with Crippen LogP contribution in [0.5, 0.6) is 0 Å². The zero-order chi connectivity index (χ0) is 15.5. The number of carbonyl (C=O) groups excluding carboxylic acids is 1. The van der Waals surface area contributed by atoms with Crippen LogP contribution in [0.25, 0.3) is 0 Å². The summed E-state index contributed by atoms with van der Waals surface area (Å²) in [5, 5.41) is 11.0. The SMILES string of the molecule is C=C[C@]1(O)CC[C@@H]2[C@H]3CCC4=C(CCC(=O)C4)[C@@H]3CC[C@@]21C. The van der Waals surface area contributed by atoms with Crippen LogP contribution in [0.2, 0.25) is 0 Å². The standard InChI is InChI=1S/C20H28O2/c1-3-20(22)11-9-18-17-6-4-13-12-14(21)5-7-15(13)16(17)8-10-19(18,20)2/h3,16-18,22H,1,4-12H2,2H3/t16-,17-,18+,19-,20-/m0/s1. The predicted octanol–water partition coefficient (Wildman–Crippen LogP) is 4.19. The molecule has 4 aliphatic carbocycles. The van der Waals surface area contributed by atoms with Crippen molar-refractivity contribution in [3.8, 4) is 0 Å². The van der Waals surface area contributed by atoms with Crippen molar-refractivity contribution in [1.29, 1.82) is 0 Å². The number of allylic oxidation sites excluding steroid dienone is 2. The molecule has 0 heterocycles. The Hall–Kier alpha value is -0.890. The summed E-state index contributed by atoms with van der Waals surface area (Å²) >= 11 is 0. The van der Waals surface area contributed by atoms with Crippen molar-refractivity contribution >= 4 is 5.78 Å². The Morgan fingerprint density at radius 1 is 1.18 bits per heavy atom. The third-order valence-electron chi connectivity index (χ3n) is 7.75. The molecule has 0 aromatic carbocycles. The Kier molecular flexibility index (Phi) is 3.21. The molecular weight excluding hydrogens is 272 g/mol. The van der Waals surface area contributed by atoms with Crippen LogP contribution in [0.15, 0.2) is 23.8 Å². The molecule has 5 atom stereocenters. The molecule has 120 valence electrons. The fourth-order valence-corrected chi connectivity index (χ4v) is 6.44. The van der Waals surface area contributed by atoms with Gasteiger partial charge in [0.15, 0.2) is 0 Å². The molecule has 0 aromatic rings. The van der Waals surface area contributed by atoms with Gasteiger partial charge in [-0.25, -0.2) is 0 Å². The van der Waals surface area contributed by atoms with Crippen LogP contribution in [0, 0.1) is 23.2 Å². The number of hydrogen-bond acceptors (Lipinski definition) is 2. The number of Topliss-reactive ketones (excluding diaryl/α,β-unsaturated/α-hetero) is 1. The highest BCUT2D eigenvalue weighted by atomic mass is 16.3. The van der Waals surface area contributed by atoms with Gasteiger partial charge in [0.25, 0.3) is 0 Å². The molecule has 0 aromatic heterocycles. The van der Waals surface area contributed by atoms with E-state index in [-0.39, 0.29) is 5.41 Å². The van der Waals surface area contributed by atoms with Gasteiger partial charge in [0.05, 0.1) is 5.60 Å². The highest BCUT2D eigenvalue weighted by molar-refractivity contribution is 5.82. The summed E-state index contributed by atoms with van der Waals surface area (Å²) in [4.78, 5) is 11.8. The van der Waals surface area contributed by atoms with Gasteiger partial charge in [-0.3, -0.25) is 4.79 Å². The average Bonchev–Trinajstić information content (AvgIpc) is 2.79. The second kappa shape index (κ2) is 4.80. The van der Waals surface area contributed by atoms with E-state index < -0.39 is 5.60 Å². The Morgan fingerprint density at radius 3 is 2.77 bits per heavy atom. The zero-order valence-corrected chi connectivity index (χ0v) is 13.7. The highest BCUT2D eigenvalue weighted by Gasteiger charge is 2.60. The number of hydrogen-bond donors (Lipinski definition) is 1. The number of carbonyl (C=O) groups is 1. The largest absolute Gasteiger partial charge is 0.385 e. The minimum atomic E-state index is -0.667. The maximum absolute atomic E-state index is 11.8. The zero-order valence-electron chi connectivity index (χ0n) is 13.7. The summed E-state index contributed by atoms with van der Waals surface area (Å²) in [5.74, 6) is 2.49. The topological polar surface area (TPSA) is 37.3 Å². The van der Waals surface area contributed by atoms with Gasteiger partial charge in [0, 0.05) is 18.3 Å². The molecule has 0 bridgehead atoms. The van der Waals surface area contributed by atoms with E-state index in [0.29, 0.717) is 17.6 Å². The van der Waals surface area contributed by atoms with E-state index in [9.17, 15) is 9.90 Å². The van der Waals surface area contributed by atoms with Gasteiger partial charge < -0.3 is 5.11 Å². The first-order valence-corrected chi connectivity index (χ1v) is 9.07.